The second kappa shape index (κ2) is 11.6. The Morgan fingerprint density at radius 3 is 2.71 bits per heavy atom. The van der Waals surface area contributed by atoms with E-state index in [2.05, 4.69) is 23.6 Å². The van der Waals surface area contributed by atoms with Gasteiger partial charge in [0.15, 0.2) is 0 Å². The molecule has 0 bridgehead atoms. The van der Waals surface area contributed by atoms with Gasteiger partial charge >= 0.3 is 0 Å². The van der Waals surface area contributed by atoms with Crippen molar-refractivity contribution in [2.24, 2.45) is 5.92 Å². The standard InChI is InChI=1S/C28H29N3O2S2/c1-3-24(27(33)31-28-23(17-29)22-13-12-18(2)14-25(22)35-28)34-21-11-7-10-20(16-21)30-26(32)15-19-8-5-4-6-9-19/h4-11,16,18,24H,3,12-15H2,1-2H3,(H,30,32)(H,31,33). The van der Waals surface area contributed by atoms with E-state index in [-0.39, 0.29) is 17.1 Å². The molecule has 1 heterocycles. The van der Waals surface area contributed by atoms with Crippen molar-refractivity contribution in [1.29, 1.82) is 5.26 Å². The van der Waals surface area contributed by atoms with E-state index >= 15 is 0 Å². The maximum absolute atomic E-state index is 13.2. The van der Waals surface area contributed by atoms with Gasteiger partial charge in [0.05, 0.1) is 17.2 Å². The molecule has 4 rings (SSSR count). The highest BCUT2D eigenvalue weighted by Crippen LogP contribution is 2.39. The van der Waals surface area contributed by atoms with Crippen LogP contribution in [0.4, 0.5) is 10.7 Å². The van der Waals surface area contributed by atoms with Crippen molar-refractivity contribution in [3.63, 3.8) is 0 Å². The van der Waals surface area contributed by atoms with Crippen molar-refractivity contribution in [2.45, 2.75) is 56.1 Å². The fourth-order valence-corrected chi connectivity index (χ4v) is 6.65. The van der Waals surface area contributed by atoms with Crippen LogP contribution in [0, 0.1) is 17.2 Å². The van der Waals surface area contributed by atoms with Crippen LogP contribution in [0.25, 0.3) is 0 Å². The lowest BCUT2D eigenvalue weighted by Gasteiger charge is -2.17. The van der Waals surface area contributed by atoms with E-state index in [0.29, 0.717) is 35.0 Å². The Morgan fingerprint density at radius 2 is 1.97 bits per heavy atom. The van der Waals surface area contributed by atoms with E-state index in [0.717, 1.165) is 35.3 Å². The van der Waals surface area contributed by atoms with Gasteiger partial charge in [-0.2, -0.15) is 5.26 Å². The second-order valence-corrected chi connectivity index (χ2v) is 11.3. The van der Waals surface area contributed by atoms with Gasteiger partial charge in [0.2, 0.25) is 11.8 Å². The molecule has 3 aromatic rings. The van der Waals surface area contributed by atoms with Crippen molar-refractivity contribution in [3.8, 4) is 6.07 Å². The molecule has 0 radical (unpaired) electrons. The van der Waals surface area contributed by atoms with E-state index < -0.39 is 0 Å². The van der Waals surface area contributed by atoms with Crippen molar-refractivity contribution in [1.82, 2.24) is 0 Å². The molecule has 7 heteroatoms. The number of hydrogen-bond donors (Lipinski definition) is 2. The van der Waals surface area contributed by atoms with Crippen LogP contribution in [-0.2, 0) is 28.9 Å². The van der Waals surface area contributed by atoms with Crippen molar-refractivity contribution < 1.29 is 9.59 Å². The van der Waals surface area contributed by atoms with Crippen molar-refractivity contribution in [3.05, 3.63) is 76.2 Å². The molecule has 0 aliphatic heterocycles. The summed E-state index contributed by atoms with van der Waals surface area (Å²) in [5.74, 6) is 0.429. The molecule has 1 aromatic heterocycles. The first-order valence-corrected chi connectivity index (χ1v) is 13.6. The van der Waals surface area contributed by atoms with Gasteiger partial charge in [-0.1, -0.05) is 50.2 Å². The Bertz CT molecular complexity index is 1250. The molecule has 35 heavy (non-hydrogen) atoms. The summed E-state index contributed by atoms with van der Waals surface area (Å²) in [5.41, 5.74) is 3.41. The number of thioether (sulfide) groups is 1. The van der Waals surface area contributed by atoms with Gasteiger partial charge in [-0.25, -0.2) is 0 Å². The SMILES string of the molecule is CCC(Sc1cccc(NC(=O)Cc2ccccc2)c1)C(=O)Nc1sc2c(c1C#N)CCC(C)C2. The topological polar surface area (TPSA) is 82.0 Å². The number of amides is 2. The molecule has 2 unspecified atom stereocenters. The normalized spacial score (nSPS) is 15.5. The summed E-state index contributed by atoms with van der Waals surface area (Å²) in [6.07, 6.45) is 3.91. The average molecular weight is 504 g/mol. The first kappa shape index (κ1) is 25.0. The molecule has 0 saturated heterocycles. The summed E-state index contributed by atoms with van der Waals surface area (Å²) in [4.78, 5) is 27.7. The Hall–Kier alpha value is -3.08. The van der Waals surface area contributed by atoms with E-state index in [1.54, 1.807) is 11.3 Å². The molecule has 0 saturated carbocycles. The van der Waals surface area contributed by atoms with E-state index in [9.17, 15) is 14.9 Å². The molecule has 2 amide bonds. The highest BCUT2D eigenvalue weighted by atomic mass is 32.2. The van der Waals surface area contributed by atoms with E-state index in [1.165, 1.54) is 16.6 Å². The summed E-state index contributed by atoms with van der Waals surface area (Å²) >= 11 is 3.02. The number of benzene rings is 2. The number of carbonyl (C=O) groups excluding carboxylic acids is 2. The number of carbonyl (C=O) groups is 2. The zero-order chi connectivity index (χ0) is 24.8. The van der Waals surface area contributed by atoms with Crippen molar-refractivity contribution in [2.75, 3.05) is 10.6 Å². The zero-order valence-corrected chi connectivity index (χ0v) is 21.6. The minimum absolute atomic E-state index is 0.0804. The quantitative estimate of drug-likeness (QED) is 0.347. The summed E-state index contributed by atoms with van der Waals surface area (Å²) < 4.78 is 0. The highest BCUT2D eigenvalue weighted by molar-refractivity contribution is 8.00. The summed E-state index contributed by atoms with van der Waals surface area (Å²) in [6.45, 7) is 4.21. The number of rotatable bonds is 8. The summed E-state index contributed by atoms with van der Waals surface area (Å²) in [7, 11) is 0. The van der Waals surface area contributed by atoms with Crippen LogP contribution in [-0.4, -0.2) is 17.1 Å². The molecule has 180 valence electrons. The lowest BCUT2D eigenvalue weighted by molar-refractivity contribution is -0.116. The summed E-state index contributed by atoms with van der Waals surface area (Å²) in [5, 5.41) is 16.1. The molecular weight excluding hydrogens is 474 g/mol. The Morgan fingerprint density at radius 1 is 1.17 bits per heavy atom. The largest absolute Gasteiger partial charge is 0.326 e. The molecule has 0 spiro atoms. The van der Waals surface area contributed by atoms with Gasteiger partial charge < -0.3 is 10.6 Å². The monoisotopic (exact) mass is 503 g/mol. The minimum atomic E-state index is -0.310. The molecule has 2 aromatic carbocycles. The minimum Gasteiger partial charge on any atom is -0.326 e. The number of hydrogen-bond acceptors (Lipinski definition) is 5. The molecule has 2 atom stereocenters. The molecule has 1 aliphatic rings. The Labute approximate surface area is 214 Å². The first-order valence-electron chi connectivity index (χ1n) is 11.9. The number of nitriles is 1. The fraction of sp³-hybridized carbons (Fsp3) is 0.321. The molecular formula is C28H29N3O2S2. The predicted octanol–water partition coefficient (Wildman–Crippen LogP) is 6.44. The third-order valence-electron chi connectivity index (χ3n) is 6.13. The van der Waals surface area contributed by atoms with Crippen molar-refractivity contribution >= 4 is 45.6 Å². The van der Waals surface area contributed by atoms with Crippen LogP contribution in [0.5, 0.6) is 0 Å². The Balaban J connectivity index is 1.41. The number of thiophene rings is 1. The Kier molecular flexibility index (Phi) is 8.27. The smallest absolute Gasteiger partial charge is 0.238 e. The third-order valence-corrected chi connectivity index (χ3v) is 8.65. The number of nitrogens with zero attached hydrogens (tertiary/aromatic N) is 1. The van der Waals surface area contributed by atoms with Gasteiger partial charge in [-0.15, -0.1) is 23.1 Å². The van der Waals surface area contributed by atoms with Gasteiger partial charge in [-0.3, -0.25) is 9.59 Å². The van der Waals surface area contributed by atoms with Gasteiger partial charge in [0, 0.05) is 15.5 Å². The fourth-order valence-electron chi connectivity index (χ4n) is 4.27. The highest BCUT2D eigenvalue weighted by Gasteiger charge is 2.26. The number of anilines is 2. The lowest BCUT2D eigenvalue weighted by atomic mass is 9.88. The third kappa shape index (κ3) is 6.33. The average Bonchev–Trinajstić information content (AvgIpc) is 3.18. The molecule has 0 fully saturated rings. The molecule has 5 nitrogen and oxygen atoms in total. The maximum Gasteiger partial charge on any atom is 0.238 e. The van der Waals surface area contributed by atoms with Gasteiger partial charge in [0.25, 0.3) is 0 Å². The van der Waals surface area contributed by atoms with Crippen LogP contribution >= 0.6 is 23.1 Å². The van der Waals surface area contributed by atoms with Gasteiger partial charge in [-0.05, 0) is 60.9 Å². The van der Waals surface area contributed by atoms with Crippen LogP contribution < -0.4 is 10.6 Å². The van der Waals surface area contributed by atoms with Crippen LogP contribution in [0.2, 0.25) is 0 Å². The zero-order valence-electron chi connectivity index (χ0n) is 20.0. The maximum atomic E-state index is 13.2. The van der Waals surface area contributed by atoms with E-state index in [1.807, 2.05) is 61.5 Å². The lowest BCUT2D eigenvalue weighted by Crippen LogP contribution is -2.24. The second-order valence-electron chi connectivity index (χ2n) is 8.91. The molecule has 2 N–H and O–H groups in total. The summed E-state index contributed by atoms with van der Waals surface area (Å²) in [6, 6.07) is 19.5. The van der Waals surface area contributed by atoms with Crippen LogP contribution in [0.3, 0.4) is 0 Å². The first-order chi connectivity index (χ1) is 17.0. The number of nitrogens with one attached hydrogen (secondary N) is 2. The van der Waals surface area contributed by atoms with E-state index in [4.69, 9.17) is 0 Å². The molecule has 1 aliphatic carbocycles. The van der Waals surface area contributed by atoms with Gasteiger partial charge in [0.1, 0.15) is 11.1 Å². The van der Waals surface area contributed by atoms with Crippen LogP contribution in [0.15, 0.2) is 59.5 Å². The number of fused-ring (bicyclic) bond motifs is 1. The predicted molar refractivity (Wildman–Crippen MR) is 144 cm³/mol. The van der Waals surface area contributed by atoms with Crippen LogP contribution in [0.1, 0.15) is 48.3 Å².